The molecule has 0 saturated heterocycles. The zero-order valence-corrected chi connectivity index (χ0v) is 15.8. The van der Waals surface area contributed by atoms with Crippen LogP contribution in [0, 0.1) is 37.8 Å². The average molecular weight is 372 g/mol. The molecule has 0 fully saturated rings. The number of carbonyl (C=O) groups excluding carboxylic acids is 2. The third kappa shape index (κ3) is 3.79. The summed E-state index contributed by atoms with van der Waals surface area (Å²) < 4.78 is 5.37. The van der Waals surface area contributed by atoms with Gasteiger partial charge in [0.2, 0.25) is 0 Å². The Labute approximate surface area is 155 Å². The summed E-state index contributed by atoms with van der Waals surface area (Å²) >= 11 is 0. The zero-order chi connectivity index (χ0) is 20.5. The predicted octanol–water partition coefficient (Wildman–Crippen LogP) is 2.66. The predicted molar refractivity (Wildman–Crippen MR) is 98.4 cm³/mol. The molecule has 0 radical (unpaired) electrons. The number of carbonyl (C=O) groups is 2. The van der Waals surface area contributed by atoms with E-state index in [2.05, 4.69) is 4.74 Å². The van der Waals surface area contributed by atoms with Crippen molar-refractivity contribution in [3.8, 4) is 0 Å². The van der Waals surface area contributed by atoms with Crippen LogP contribution in [0.2, 0.25) is 0 Å². The first kappa shape index (κ1) is 20.0. The van der Waals surface area contributed by atoms with Gasteiger partial charge in [0.05, 0.1) is 24.8 Å². The maximum Gasteiger partial charge on any atom is 0.343 e. The van der Waals surface area contributed by atoms with Crippen LogP contribution in [-0.4, -0.2) is 28.4 Å². The summed E-state index contributed by atoms with van der Waals surface area (Å²) in [5.74, 6) is -1.37. The number of methoxy groups -OCH3 is 1. The highest BCUT2D eigenvalue weighted by Crippen LogP contribution is 2.22. The highest BCUT2D eigenvalue weighted by atomic mass is 16.6. The zero-order valence-electron chi connectivity index (χ0n) is 15.8. The summed E-state index contributed by atoms with van der Waals surface area (Å²) in [7, 11) is 1.07. The summed E-state index contributed by atoms with van der Waals surface area (Å²) in [5, 5.41) is 11.1. The first-order valence-corrected chi connectivity index (χ1v) is 8.16. The molecule has 1 heterocycles. The molecule has 0 aliphatic heterocycles. The number of rotatable bonds is 5. The van der Waals surface area contributed by atoms with Crippen molar-refractivity contribution < 1.29 is 19.2 Å². The minimum absolute atomic E-state index is 0.378. The maximum atomic E-state index is 12.8. The van der Waals surface area contributed by atoms with Crippen LogP contribution in [0.4, 0.5) is 5.69 Å². The number of pyridine rings is 1. The number of hydrogen-bond donors (Lipinski definition) is 0. The molecule has 0 atom stereocenters. The molecule has 1 aromatic heterocycles. The average Bonchev–Trinajstić information content (AvgIpc) is 2.63. The molecule has 0 aliphatic rings. The Morgan fingerprint density at radius 2 is 1.70 bits per heavy atom. The first-order valence-electron chi connectivity index (χ1n) is 8.16. The summed E-state index contributed by atoms with van der Waals surface area (Å²) in [6, 6.07) is 2.59. The van der Waals surface area contributed by atoms with E-state index in [1.807, 2.05) is 27.7 Å². The molecule has 0 unspecified atom stereocenters. The second-order valence-corrected chi connectivity index (χ2v) is 6.33. The van der Waals surface area contributed by atoms with Crippen LogP contribution in [0.3, 0.4) is 0 Å². The Bertz CT molecular complexity index is 1020. The lowest BCUT2D eigenvalue weighted by Gasteiger charge is -2.14. The molecule has 8 nitrogen and oxygen atoms in total. The minimum atomic E-state index is -0.997. The van der Waals surface area contributed by atoms with E-state index in [1.165, 1.54) is 0 Å². The fraction of sp³-hybridized carbons (Fsp3) is 0.316. The number of ketones is 1. The lowest BCUT2D eigenvalue weighted by Crippen LogP contribution is -2.30. The molecular formula is C19H20N2O6. The first-order chi connectivity index (χ1) is 12.6. The summed E-state index contributed by atoms with van der Waals surface area (Å²) in [6.07, 6.45) is 0.954. The highest BCUT2D eigenvalue weighted by Gasteiger charge is 2.22. The molecule has 0 saturated carbocycles. The number of hydrogen-bond acceptors (Lipinski definition) is 6. The van der Waals surface area contributed by atoms with Crippen molar-refractivity contribution in [1.29, 1.82) is 0 Å². The number of ether oxygens (including phenoxy) is 1. The van der Waals surface area contributed by atoms with Gasteiger partial charge in [0.15, 0.2) is 5.78 Å². The lowest BCUT2D eigenvalue weighted by molar-refractivity contribution is -0.385. The molecule has 1 aromatic carbocycles. The molecule has 0 aliphatic carbocycles. The molecule has 2 rings (SSSR count). The third-order valence-electron chi connectivity index (χ3n) is 4.78. The van der Waals surface area contributed by atoms with Gasteiger partial charge in [-0.1, -0.05) is 0 Å². The largest absolute Gasteiger partial charge is 0.465 e. The molecular weight excluding hydrogens is 352 g/mol. The van der Waals surface area contributed by atoms with Gasteiger partial charge < -0.3 is 9.30 Å². The van der Waals surface area contributed by atoms with E-state index in [0.717, 1.165) is 46.2 Å². The summed E-state index contributed by atoms with van der Waals surface area (Å²) in [4.78, 5) is 47.4. The second-order valence-electron chi connectivity index (χ2n) is 6.33. The van der Waals surface area contributed by atoms with Crippen LogP contribution >= 0.6 is 0 Å². The van der Waals surface area contributed by atoms with Gasteiger partial charge >= 0.3 is 5.97 Å². The van der Waals surface area contributed by atoms with Crippen LogP contribution in [0.5, 0.6) is 0 Å². The van der Waals surface area contributed by atoms with Gasteiger partial charge in [0.25, 0.3) is 11.2 Å². The Morgan fingerprint density at radius 3 is 2.26 bits per heavy atom. The maximum absolute atomic E-state index is 12.8. The van der Waals surface area contributed by atoms with Crippen molar-refractivity contribution in [2.45, 2.75) is 34.2 Å². The normalized spacial score (nSPS) is 10.6. The van der Waals surface area contributed by atoms with Gasteiger partial charge in [-0.05, 0) is 56.0 Å². The van der Waals surface area contributed by atoms with E-state index in [0.29, 0.717) is 5.56 Å². The Kier molecular flexibility index (Phi) is 5.58. The summed E-state index contributed by atoms with van der Waals surface area (Å²) in [5.41, 5.74) is 2.42. The van der Waals surface area contributed by atoms with E-state index in [9.17, 15) is 24.5 Å². The fourth-order valence-electron chi connectivity index (χ4n) is 2.83. The molecule has 0 amide bonds. The number of Topliss-reactive ketones (excluding diaryl/α,β-unsaturated/α-hetero) is 1. The van der Waals surface area contributed by atoms with Crippen LogP contribution in [0.25, 0.3) is 0 Å². The number of nitro groups is 1. The van der Waals surface area contributed by atoms with Crippen LogP contribution in [0.15, 0.2) is 23.1 Å². The van der Waals surface area contributed by atoms with Crippen LogP contribution < -0.4 is 5.56 Å². The number of benzene rings is 1. The van der Waals surface area contributed by atoms with Crippen molar-refractivity contribution in [2.75, 3.05) is 7.11 Å². The number of nitrogens with zero attached hydrogens (tertiary/aromatic N) is 2. The SMILES string of the molecule is COC(=O)c1cc([N+](=O)[O-])cn(CC(=O)c2cc(C)c(C)c(C)c2C)c1=O. The van der Waals surface area contributed by atoms with Gasteiger partial charge in [-0.3, -0.25) is 19.7 Å². The minimum Gasteiger partial charge on any atom is -0.465 e. The molecule has 0 bridgehead atoms. The third-order valence-corrected chi connectivity index (χ3v) is 4.78. The van der Waals surface area contributed by atoms with E-state index in [-0.39, 0.29) is 5.78 Å². The quantitative estimate of drug-likeness (QED) is 0.345. The monoisotopic (exact) mass is 372 g/mol. The van der Waals surface area contributed by atoms with Gasteiger partial charge in [0, 0.05) is 11.6 Å². The topological polar surface area (TPSA) is 109 Å². The van der Waals surface area contributed by atoms with Crippen molar-refractivity contribution in [3.05, 3.63) is 72.2 Å². The number of aryl methyl sites for hydroxylation is 1. The Morgan fingerprint density at radius 1 is 1.07 bits per heavy atom. The number of aromatic nitrogens is 1. The molecule has 8 heteroatoms. The van der Waals surface area contributed by atoms with Crippen molar-refractivity contribution in [1.82, 2.24) is 4.57 Å². The van der Waals surface area contributed by atoms with E-state index in [1.54, 1.807) is 6.07 Å². The Hall–Kier alpha value is -3.29. The molecule has 27 heavy (non-hydrogen) atoms. The van der Waals surface area contributed by atoms with Gasteiger partial charge in [0.1, 0.15) is 5.56 Å². The molecule has 2 aromatic rings. The molecule has 0 N–H and O–H groups in total. The fourth-order valence-corrected chi connectivity index (χ4v) is 2.83. The van der Waals surface area contributed by atoms with E-state index < -0.39 is 34.2 Å². The van der Waals surface area contributed by atoms with Crippen molar-refractivity contribution >= 4 is 17.4 Å². The molecule has 142 valence electrons. The van der Waals surface area contributed by atoms with E-state index in [4.69, 9.17) is 0 Å². The smallest absolute Gasteiger partial charge is 0.343 e. The van der Waals surface area contributed by atoms with Crippen LogP contribution in [-0.2, 0) is 11.3 Å². The highest BCUT2D eigenvalue weighted by molar-refractivity contribution is 5.98. The second kappa shape index (κ2) is 7.53. The van der Waals surface area contributed by atoms with Gasteiger partial charge in [-0.15, -0.1) is 0 Å². The standard InChI is InChI=1S/C19H20N2O6/c1-10-6-15(13(4)12(3)11(10)2)17(22)9-20-8-14(21(25)26)7-16(18(20)23)19(24)27-5/h6-8H,9H2,1-5H3. The molecule has 0 spiro atoms. The van der Waals surface area contributed by atoms with Crippen molar-refractivity contribution in [2.24, 2.45) is 0 Å². The van der Waals surface area contributed by atoms with E-state index >= 15 is 0 Å². The number of esters is 1. The van der Waals surface area contributed by atoms with Gasteiger partial charge in [-0.25, -0.2) is 4.79 Å². The van der Waals surface area contributed by atoms with Crippen LogP contribution in [0.1, 0.15) is 43.0 Å². The van der Waals surface area contributed by atoms with Crippen molar-refractivity contribution in [3.63, 3.8) is 0 Å². The van der Waals surface area contributed by atoms with Gasteiger partial charge in [-0.2, -0.15) is 0 Å². The Balaban J connectivity index is 2.56. The lowest BCUT2D eigenvalue weighted by atomic mass is 9.92. The summed E-state index contributed by atoms with van der Waals surface area (Å²) in [6.45, 7) is 7.13.